The summed E-state index contributed by atoms with van der Waals surface area (Å²) in [5, 5.41) is 2.79. The van der Waals surface area contributed by atoms with E-state index < -0.39 is 5.54 Å². The molecule has 17 heavy (non-hydrogen) atoms. The molecular weight excluding hydrogens is 216 g/mol. The molecule has 2 rings (SSSR count). The molecule has 0 aromatic heterocycles. The van der Waals surface area contributed by atoms with E-state index in [1.54, 1.807) is 18.7 Å². The Labute approximate surface area is 101 Å². The van der Waals surface area contributed by atoms with Crippen LogP contribution in [0, 0.1) is 0 Å². The molecule has 0 radical (unpaired) electrons. The number of benzene rings is 1. The maximum absolute atomic E-state index is 12.0. The fraction of sp³-hybridized carbons (Fsp3) is 0.385. The van der Waals surface area contributed by atoms with E-state index in [1.165, 1.54) is 0 Å². The minimum atomic E-state index is -0.696. The first-order chi connectivity index (χ1) is 8.01. The van der Waals surface area contributed by atoms with E-state index in [0.717, 1.165) is 5.69 Å². The first-order valence-corrected chi connectivity index (χ1v) is 5.69. The number of nitrogens with zero attached hydrogens (tertiary/aromatic N) is 1. The highest BCUT2D eigenvalue weighted by Gasteiger charge is 2.42. The Bertz CT molecular complexity index is 440. The number of hydrogen-bond donors (Lipinski definition) is 1. The summed E-state index contributed by atoms with van der Waals surface area (Å²) in [7, 11) is 0. The summed E-state index contributed by atoms with van der Waals surface area (Å²) in [5.74, 6) is 0.112. The van der Waals surface area contributed by atoms with Crippen molar-refractivity contribution in [1.82, 2.24) is 4.90 Å². The summed E-state index contributed by atoms with van der Waals surface area (Å²) >= 11 is 0. The zero-order valence-electron chi connectivity index (χ0n) is 10.1. The molecule has 1 fully saturated rings. The summed E-state index contributed by atoms with van der Waals surface area (Å²) in [6.07, 6.45) is 0.440. The SMILES string of the molecule is CC1(C)C(=O)CCN1C(=O)Nc1ccccc1. The Balaban J connectivity index is 2.09. The summed E-state index contributed by atoms with van der Waals surface area (Å²) in [4.78, 5) is 25.3. The lowest BCUT2D eigenvalue weighted by Gasteiger charge is -2.29. The highest BCUT2D eigenvalue weighted by molar-refractivity contribution is 5.99. The molecule has 1 aliphatic heterocycles. The predicted molar refractivity (Wildman–Crippen MR) is 65.9 cm³/mol. The number of para-hydroxylation sites is 1. The van der Waals surface area contributed by atoms with E-state index in [4.69, 9.17) is 0 Å². The molecule has 1 saturated heterocycles. The van der Waals surface area contributed by atoms with E-state index >= 15 is 0 Å². The van der Waals surface area contributed by atoms with Crippen LogP contribution in [0.5, 0.6) is 0 Å². The Hall–Kier alpha value is -1.84. The van der Waals surface area contributed by atoms with Crippen molar-refractivity contribution < 1.29 is 9.59 Å². The topological polar surface area (TPSA) is 49.4 Å². The number of Topliss-reactive ketones (excluding diaryl/α,β-unsaturated/α-hetero) is 1. The van der Waals surface area contributed by atoms with Gasteiger partial charge in [0.25, 0.3) is 0 Å². The van der Waals surface area contributed by atoms with Gasteiger partial charge in [-0.1, -0.05) is 18.2 Å². The van der Waals surface area contributed by atoms with Crippen LogP contribution >= 0.6 is 0 Å². The van der Waals surface area contributed by atoms with E-state index in [2.05, 4.69) is 5.32 Å². The molecule has 2 amide bonds. The Morgan fingerprint density at radius 2 is 1.94 bits per heavy atom. The second kappa shape index (κ2) is 4.20. The fourth-order valence-electron chi connectivity index (χ4n) is 2.02. The van der Waals surface area contributed by atoms with Gasteiger partial charge in [0.05, 0.1) is 5.54 Å². The lowest BCUT2D eigenvalue weighted by molar-refractivity contribution is -0.122. The van der Waals surface area contributed by atoms with Crippen molar-refractivity contribution in [1.29, 1.82) is 0 Å². The minimum Gasteiger partial charge on any atom is -0.312 e. The average molecular weight is 232 g/mol. The third-order valence-corrected chi connectivity index (χ3v) is 3.19. The van der Waals surface area contributed by atoms with E-state index in [1.807, 2.05) is 30.3 Å². The van der Waals surface area contributed by atoms with Crippen molar-refractivity contribution in [3.05, 3.63) is 30.3 Å². The number of ketones is 1. The van der Waals surface area contributed by atoms with E-state index in [9.17, 15) is 9.59 Å². The lowest BCUT2D eigenvalue weighted by Crippen LogP contribution is -2.48. The molecule has 0 atom stereocenters. The smallest absolute Gasteiger partial charge is 0.312 e. The van der Waals surface area contributed by atoms with Crippen LogP contribution in [0.1, 0.15) is 20.3 Å². The summed E-state index contributed by atoms with van der Waals surface area (Å²) in [6, 6.07) is 9.03. The first-order valence-electron chi connectivity index (χ1n) is 5.69. The predicted octanol–water partition coefficient (Wildman–Crippen LogP) is 2.27. The third kappa shape index (κ3) is 2.16. The average Bonchev–Trinajstić information content (AvgIpc) is 2.55. The molecule has 0 saturated carbocycles. The van der Waals surface area contributed by atoms with Crippen LogP contribution in [0.25, 0.3) is 0 Å². The second-order valence-corrected chi connectivity index (χ2v) is 4.68. The maximum Gasteiger partial charge on any atom is 0.322 e. The highest BCUT2D eigenvalue weighted by atomic mass is 16.2. The molecule has 0 unspecified atom stereocenters. The number of hydrogen-bond acceptors (Lipinski definition) is 2. The number of likely N-dealkylation sites (tertiary alicyclic amines) is 1. The second-order valence-electron chi connectivity index (χ2n) is 4.68. The Morgan fingerprint density at radius 1 is 1.29 bits per heavy atom. The van der Waals surface area contributed by atoms with Crippen molar-refractivity contribution in [2.24, 2.45) is 0 Å². The molecule has 0 bridgehead atoms. The highest BCUT2D eigenvalue weighted by Crippen LogP contribution is 2.25. The normalized spacial score (nSPS) is 18.2. The van der Waals surface area contributed by atoms with Gasteiger partial charge in [-0.25, -0.2) is 4.79 Å². The summed E-state index contributed by atoms with van der Waals surface area (Å²) in [5.41, 5.74) is 0.0476. The number of nitrogens with one attached hydrogen (secondary N) is 1. The number of carbonyl (C=O) groups excluding carboxylic acids is 2. The molecule has 0 aliphatic carbocycles. The number of urea groups is 1. The van der Waals surface area contributed by atoms with Crippen LogP contribution < -0.4 is 5.32 Å². The quantitative estimate of drug-likeness (QED) is 0.807. The molecular formula is C13H16N2O2. The van der Waals surface area contributed by atoms with E-state index in [-0.39, 0.29) is 11.8 Å². The zero-order valence-corrected chi connectivity index (χ0v) is 10.1. The van der Waals surface area contributed by atoms with Crippen LogP contribution in [0.2, 0.25) is 0 Å². The number of carbonyl (C=O) groups is 2. The standard InChI is InChI=1S/C13H16N2O2/c1-13(2)11(16)8-9-15(13)12(17)14-10-6-4-3-5-7-10/h3-7H,8-9H2,1-2H3,(H,14,17). The minimum absolute atomic E-state index is 0.112. The monoisotopic (exact) mass is 232 g/mol. The molecule has 1 N–H and O–H groups in total. The third-order valence-electron chi connectivity index (χ3n) is 3.19. The van der Waals surface area contributed by atoms with Gasteiger partial charge in [0.1, 0.15) is 0 Å². The molecule has 1 aromatic rings. The number of rotatable bonds is 1. The van der Waals surface area contributed by atoms with Gasteiger partial charge in [-0.3, -0.25) is 4.79 Å². The van der Waals surface area contributed by atoms with Gasteiger partial charge < -0.3 is 10.2 Å². The van der Waals surface area contributed by atoms with Crippen molar-refractivity contribution >= 4 is 17.5 Å². The van der Waals surface area contributed by atoms with Gasteiger partial charge in [-0.15, -0.1) is 0 Å². The lowest BCUT2D eigenvalue weighted by atomic mass is 10.0. The fourth-order valence-corrected chi connectivity index (χ4v) is 2.02. The van der Waals surface area contributed by atoms with Crippen LogP contribution in [0.15, 0.2) is 30.3 Å². The molecule has 4 heteroatoms. The molecule has 1 heterocycles. The van der Waals surface area contributed by atoms with Crippen LogP contribution in [0.4, 0.5) is 10.5 Å². The number of amides is 2. The van der Waals surface area contributed by atoms with Gasteiger partial charge in [-0.05, 0) is 26.0 Å². The van der Waals surface area contributed by atoms with Crippen LogP contribution in [0.3, 0.4) is 0 Å². The zero-order chi connectivity index (χ0) is 12.5. The van der Waals surface area contributed by atoms with Crippen molar-refractivity contribution in [3.8, 4) is 0 Å². The van der Waals surface area contributed by atoms with Gasteiger partial charge in [-0.2, -0.15) is 0 Å². The van der Waals surface area contributed by atoms with Gasteiger partial charge >= 0.3 is 6.03 Å². The summed E-state index contributed by atoms with van der Waals surface area (Å²) in [6.45, 7) is 4.06. The van der Waals surface area contributed by atoms with Crippen molar-refractivity contribution in [2.45, 2.75) is 25.8 Å². The van der Waals surface area contributed by atoms with Crippen LogP contribution in [-0.2, 0) is 4.79 Å². The Morgan fingerprint density at radius 3 is 2.47 bits per heavy atom. The number of anilines is 1. The molecule has 90 valence electrons. The Kier molecular flexibility index (Phi) is 2.88. The van der Waals surface area contributed by atoms with Crippen molar-refractivity contribution in [3.63, 3.8) is 0 Å². The molecule has 0 spiro atoms. The van der Waals surface area contributed by atoms with Gasteiger partial charge in [0, 0.05) is 18.7 Å². The first kappa shape index (κ1) is 11.6. The largest absolute Gasteiger partial charge is 0.322 e. The van der Waals surface area contributed by atoms with Gasteiger partial charge in [0.2, 0.25) is 0 Å². The molecule has 4 nitrogen and oxygen atoms in total. The maximum atomic E-state index is 12.0. The van der Waals surface area contributed by atoms with Crippen molar-refractivity contribution in [2.75, 3.05) is 11.9 Å². The molecule has 1 aromatic carbocycles. The van der Waals surface area contributed by atoms with Gasteiger partial charge in [0.15, 0.2) is 5.78 Å². The van der Waals surface area contributed by atoms with Crippen LogP contribution in [-0.4, -0.2) is 28.8 Å². The molecule has 1 aliphatic rings. The summed E-state index contributed by atoms with van der Waals surface area (Å²) < 4.78 is 0. The van der Waals surface area contributed by atoms with E-state index in [0.29, 0.717) is 13.0 Å².